The first-order valence-corrected chi connectivity index (χ1v) is 9.07. The molecule has 2 aromatic carbocycles. The summed E-state index contributed by atoms with van der Waals surface area (Å²) in [6, 6.07) is 14.3. The summed E-state index contributed by atoms with van der Waals surface area (Å²) in [5.74, 6) is -0.520. The zero-order chi connectivity index (χ0) is 19.4. The minimum absolute atomic E-state index is 0.0286. The van der Waals surface area contributed by atoms with Crippen LogP contribution in [0.3, 0.4) is 0 Å². The van der Waals surface area contributed by atoms with Gasteiger partial charge in [0, 0.05) is 11.1 Å². The summed E-state index contributed by atoms with van der Waals surface area (Å²) < 4.78 is 5.20. The number of benzene rings is 2. The smallest absolute Gasteiger partial charge is 0.323 e. The number of esters is 1. The number of hydrogen-bond acceptors (Lipinski definition) is 5. The number of carbonyl (C=O) groups is 3. The van der Waals surface area contributed by atoms with Crippen molar-refractivity contribution in [3.63, 3.8) is 0 Å². The zero-order valence-corrected chi connectivity index (χ0v) is 15.6. The van der Waals surface area contributed by atoms with Crippen LogP contribution < -0.4 is 0 Å². The number of likely N-dealkylation sites (N-methyl/N-ethyl adjacent to an activating group) is 1. The number of likely N-dealkylation sites (tertiary alicyclic amines) is 1. The monoisotopic (exact) mass is 365 g/mol. The van der Waals surface area contributed by atoms with Gasteiger partial charge in [0.1, 0.15) is 6.04 Å². The molecule has 1 aliphatic rings. The topological polar surface area (TPSA) is 63.7 Å². The molecule has 2 aromatic rings. The van der Waals surface area contributed by atoms with Gasteiger partial charge in [0.2, 0.25) is 0 Å². The molecule has 0 amide bonds. The van der Waals surface area contributed by atoms with Crippen LogP contribution >= 0.6 is 0 Å². The molecule has 1 saturated heterocycles. The average molecular weight is 365 g/mol. The highest BCUT2D eigenvalue weighted by molar-refractivity contribution is 5.98. The van der Waals surface area contributed by atoms with E-state index in [0.717, 1.165) is 30.5 Å². The maximum absolute atomic E-state index is 12.3. The lowest BCUT2D eigenvalue weighted by Crippen LogP contribution is -2.35. The Balaban J connectivity index is 1.60. The van der Waals surface area contributed by atoms with Crippen LogP contribution in [0.4, 0.5) is 0 Å². The van der Waals surface area contributed by atoms with Gasteiger partial charge in [-0.2, -0.15) is 0 Å². The largest absolute Gasteiger partial charge is 0.456 e. The summed E-state index contributed by atoms with van der Waals surface area (Å²) in [6.45, 7) is 2.17. The van der Waals surface area contributed by atoms with Crippen LogP contribution in [0.15, 0.2) is 48.5 Å². The molecular weight excluding hydrogens is 342 g/mol. The SMILES string of the molecule is CC(=O)c1ccc(-c2ccc(C(=O)COC(=O)[C@@H]3CCCN3C)cc2)cc1. The Morgan fingerprint density at radius 1 is 0.963 bits per heavy atom. The van der Waals surface area contributed by atoms with Crippen molar-refractivity contribution in [3.8, 4) is 11.1 Å². The molecule has 0 saturated carbocycles. The summed E-state index contributed by atoms with van der Waals surface area (Å²) in [5.41, 5.74) is 3.09. The lowest BCUT2D eigenvalue weighted by atomic mass is 10.0. The van der Waals surface area contributed by atoms with Crippen LogP contribution in [0.5, 0.6) is 0 Å². The molecule has 1 fully saturated rings. The summed E-state index contributed by atoms with van der Waals surface area (Å²) in [5, 5.41) is 0. The Morgan fingerprint density at radius 2 is 1.52 bits per heavy atom. The van der Waals surface area contributed by atoms with E-state index in [2.05, 4.69) is 0 Å². The van der Waals surface area contributed by atoms with E-state index in [4.69, 9.17) is 4.74 Å². The summed E-state index contributed by atoms with van der Waals surface area (Å²) in [4.78, 5) is 37.7. The molecule has 27 heavy (non-hydrogen) atoms. The molecule has 0 unspecified atom stereocenters. The lowest BCUT2D eigenvalue weighted by molar-refractivity contribution is -0.147. The zero-order valence-electron chi connectivity index (χ0n) is 15.6. The van der Waals surface area contributed by atoms with E-state index in [1.807, 2.05) is 36.2 Å². The minimum atomic E-state index is -0.328. The fourth-order valence-electron chi connectivity index (χ4n) is 3.27. The van der Waals surface area contributed by atoms with Crippen molar-refractivity contribution in [2.75, 3.05) is 20.2 Å². The lowest BCUT2D eigenvalue weighted by Gasteiger charge is -2.17. The Morgan fingerprint density at radius 3 is 2.00 bits per heavy atom. The van der Waals surface area contributed by atoms with Crippen molar-refractivity contribution >= 4 is 17.5 Å². The fourth-order valence-corrected chi connectivity index (χ4v) is 3.27. The van der Waals surface area contributed by atoms with E-state index in [0.29, 0.717) is 11.1 Å². The van der Waals surface area contributed by atoms with Gasteiger partial charge < -0.3 is 4.74 Å². The van der Waals surface area contributed by atoms with Crippen molar-refractivity contribution in [1.29, 1.82) is 0 Å². The van der Waals surface area contributed by atoms with Crippen molar-refractivity contribution < 1.29 is 19.1 Å². The fraction of sp³-hybridized carbons (Fsp3) is 0.318. The Kier molecular flexibility index (Phi) is 5.81. The van der Waals surface area contributed by atoms with Crippen LogP contribution in [0.25, 0.3) is 11.1 Å². The summed E-state index contributed by atoms with van der Waals surface area (Å²) in [7, 11) is 1.89. The second kappa shape index (κ2) is 8.27. The second-order valence-corrected chi connectivity index (χ2v) is 6.88. The predicted molar refractivity (Wildman–Crippen MR) is 103 cm³/mol. The maximum Gasteiger partial charge on any atom is 0.323 e. The van der Waals surface area contributed by atoms with Crippen molar-refractivity contribution in [1.82, 2.24) is 4.90 Å². The molecule has 1 aliphatic heterocycles. The van der Waals surface area contributed by atoms with Gasteiger partial charge in [-0.15, -0.1) is 0 Å². The van der Waals surface area contributed by atoms with Crippen molar-refractivity contribution in [2.24, 2.45) is 0 Å². The molecule has 5 heteroatoms. The van der Waals surface area contributed by atoms with E-state index < -0.39 is 0 Å². The normalized spacial score (nSPS) is 16.9. The Bertz CT molecular complexity index is 840. The van der Waals surface area contributed by atoms with Gasteiger partial charge >= 0.3 is 5.97 Å². The van der Waals surface area contributed by atoms with Gasteiger partial charge in [-0.25, -0.2) is 0 Å². The van der Waals surface area contributed by atoms with Crippen LogP contribution in [-0.4, -0.2) is 48.7 Å². The van der Waals surface area contributed by atoms with Gasteiger partial charge in [-0.1, -0.05) is 48.5 Å². The first-order chi connectivity index (χ1) is 13.0. The first-order valence-electron chi connectivity index (χ1n) is 9.07. The van der Waals surface area contributed by atoms with Crippen molar-refractivity contribution in [3.05, 3.63) is 59.7 Å². The average Bonchev–Trinajstić information content (AvgIpc) is 3.12. The van der Waals surface area contributed by atoms with Gasteiger partial charge in [0.25, 0.3) is 0 Å². The molecule has 5 nitrogen and oxygen atoms in total. The summed E-state index contributed by atoms with van der Waals surface area (Å²) >= 11 is 0. The third-order valence-electron chi connectivity index (χ3n) is 4.97. The molecule has 140 valence electrons. The molecule has 3 rings (SSSR count). The Hall–Kier alpha value is -2.79. The molecule has 0 aromatic heterocycles. The maximum atomic E-state index is 12.3. The van der Waals surface area contributed by atoms with Crippen LogP contribution in [0, 0.1) is 0 Å². The molecular formula is C22H23NO4. The van der Waals surface area contributed by atoms with E-state index in [-0.39, 0.29) is 30.2 Å². The van der Waals surface area contributed by atoms with Crippen LogP contribution in [0.2, 0.25) is 0 Å². The highest BCUT2D eigenvalue weighted by atomic mass is 16.5. The molecule has 0 aliphatic carbocycles. The van der Waals surface area contributed by atoms with Crippen LogP contribution in [0.1, 0.15) is 40.5 Å². The van der Waals surface area contributed by atoms with Gasteiger partial charge in [0.15, 0.2) is 18.2 Å². The standard InChI is InChI=1S/C22H23NO4/c1-15(24)16-5-7-17(8-6-16)18-9-11-19(12-10-18)21(25)14-27-22(26)20-4-3-13-23(20)2/h5-12,20H,3-4,13-14H2,1-2H3/t20-/m0/s1. The predicted octanol–water partition coefficient (Wildman–Crippen LogP) is 3.38. The number of carbonyl (C=O) groups excluding carboxylic acids is 3. The quantitative estimate of drug-likeness (QED) is 0.580. The highest BCUT2D eigenvalue weighted by Gasteiger charge is 2.29. The molecule has 1 atom stereocenters. The number of Topliss-reactive ketones (excluding diaryl/α,β-unsaturated/α-hetero) is 2. The van der Waals surface area contributed by atoms with Gasteiger partial charge in [-0.05, 0) is 44.5 Å². The molecule has 0 spiro atoms. The van der Waals surface area contributed by atoms with E-state index in [1.54, 1.807) is 24.3 Å². The van der Waals surface area contributed by atoms with E-state index in [1.165, 1.54) is 6.92 Å². The van der Waals surface area contributed by atoms with Crippen molar-refractivity contribution in [2.45, 2.75) is 25.8 Å². The van der Waals surface area contributed by atoms with Gasteiger partial charge in [-0.3, -0.25) is 19.3 Å². The third-order valence-corrected chi connectivity index (χ3v) is 4.97. The molecule has 1 heterocycles. The minimum Gasteiger partial charge on any atom is -0.456 e. The Labute approximate surface area is 158 Å². The first kappa shape index (κ1) is 19.0. The highest BCUT2D eigenvalue weighted by Crippen LogP contribution is 2.21. The van der Waals surface area contributed by atoms with E-state index >= 15 is 0 Å². The number of nitrogens with zero attached hydrogens (tertiary/aromatic N) is 1. The van der Waals surface area contributed by atoms with Gasteiger partial charge in [0.05, 0.1) is 0 Å². The number of hydrogen-bond donors (Lipinski definition) is 0. The number of ketones is 2. The number of ether oxygens (including phenoxy) is 1. The third kappa shape index (κ3) is 4.49. The summed E-state index contributed by atoms with van der Waals surface area (Å²) in [6.07, 6.45) is 1.75. The second-order valence-electron chi connectivity index (χ2n) is 6.88. The molecule has 0 bridgehead atoms. The van der Waals surface area contributed by atoms with Crippen LogP contribution in [-0.2, 0) is 9.53 Å². The molecule has 0 radical (unpaired) electrons. The molecule has 0 N–H and O–H groups in total. The number of rotatable bonds is 6. The van der Waals surface area contributed by atoms with E-state index in [9.17, 15) is 14.4 Å².